The van der Waals surface area contributed by atoms with E-state index in [4.69, 9.17) is 0 Å². The third-order valence-electron chi connectivity index (χ3n) is 3.42. The number of hydrogen-bond acceptors (Lipinski definition) is 4. The van der Waals surface area contributed by atoms with E-state index in [9.17, 15) is 14.4 Å². The van der Waals surface area contributed by atoms with Crippen LogP contribution in [0.25, 0.3) is 0 Å². The number of urea groups is 1. The second-order valence-electron chi connectivity index (χ2n) is 5.04. The molecule has 1 atom stereocenters. The van der Waals surface area contributed by atoms with Crippen LogP contribution in [0.15, 0.2) is 59.6 Å². The van der Waals surface area contributed by atoms with Crippen LogP contribution in [0.5, 0.6) is 0 Å². The van der Waals surface area contributed by atoms with E-state index in [0.717, 1.165) is 8.47 Å². The average molecular weight is 433 g/mol. The number of halogens is 1. The van der Waals surface area contributed by atoms with Gasteiger partial charge in [-0.15, -0.1) is 0 Å². The molecular formula is C17H12IN3O3. The number of aliphatic imine (C=N–C) groups is 1. The average Bonchev–Trinajstić information content (AvgIpc) is 2.57. The Morgan fingerprint density at radius 1 is 1.00 bits per heavy atom. The number of carbonyl (C=O) groups excluding carboxylic acids is 3. The number of barbiturate groups is 1. The van der Waals surface area contributed by atoms with E-state index >= 15 is 0 Å². The van der Waals surface area contributed by atoms with Gasteiger partial charge in [0.25, 0.3) is 5.91 Å². The van der Waals surface area contributed by atoms with Gasteiger partial charge in [-0.2, -0.15) is 0 Å². The number of hydrogen-bond donors (Lipinski definition) is 1. The number of rotatable bonds is 3. The number of imide groups is 2. The first-order valence-electron chi connectivity index (χ1n) is 7.10. The van der Waals surface area contributed by atoms with Crippen molar-refractivity contribution in [2.24, 2.45) is 10.9 Å². The molecule has 0 saturated carbocycles. The zero-order valence-electron chi connectivity index (χ0n) is 12.3. The molecule has 0 aromatic heterocycles. The van der Waals surface area contributed by atoms with Crippen LogP contribution in [0.2, 0.25) is 0 Å². The van der Waals surface area contributed by atoms with Crippen LogP contribution in [0.1, 0.15) is 0 Å². The summed E-state index contributed by atoms with van der Waals surface area (Å²) in [5, 5.41) is 2.19. The summed E-state index contributed by atoms with van der Waals surface area (Å²) in [5.74, 6) is -2.45. The van der Waals surface area contributed by atoms with E-state index in [1.807, 2.05) is 6.07 Å². The van der Waals surface area contributed by atoms with E-state index in [2.05, 4.69) is 32.9 Å². The Labute approximate surface area is 151 Å². The van der Waals surface area contributed by atoms with Gasteiger partial charge in [-0.3, -0.25) is 19.9 Å². The molecule has 1 N–H and O–H groups in total. The van der Waals surface area contributed by atoms with Crippen molar-refractivity contribution >= 4 is 58.0 Å². The van der Waals surface area contributed by atoms with Gasteiger partial charge >= 0.3 is 6.03 Å². The maximum absolute atomic E-state index is 12.6. The number of benzene rings is 2. The molecule has 0 unspecified atom stereocenters. The maximum atomic E-state index is 12.6. The highest BCUT2D eigenvalue weighted by Crippen LogP contribution is 2.22. The minimum absolute atomic E-state index is 0.406. The highest BCUT2D eigenvalue weighted by Gasteiger charge is 2.40. The molecule has 1 saturated heterocycles. The molecule has 4 amide bonds. The topological polar surface area (TPSA) is 78.8 Å². The first-order valence-corrected chi connectivity index (χ1v) is 8.18. The second kappa shape index (κ2) is 6.91. The summed E-state index contributed by atoms with van der Waals surface area (Å²) < 4.78 is 0.972. The predicted molar refractivity (Wildman–Crippen MR) is 98.3 cm³/mol. The Hall–Kier alpha value is -2.55. The minimum atomic E-state index is -1.15. The summed E-state index contributed by atoms with van der Waals surface area (Å²) in [4.78, 5) is 41.8. The van der Waals surface area contributed by atoms with Crippen molar-refractivity contribution in [2.45, 2.75) is 0 Å². The molecule has 6 nitrogen and oxygen atoms in total. The summed E-state index contributed by atoms with van der Waals surface area (Å²) in [6.45, 7) is 0. The molecule has 120 valence electrons. The van der Waals surface area contributed by atoms with Crippen LogP contribution in [0.4, 0.5) is 16.2 Å². The quantitative estimate of drug-likeness (QED) is 0.460. The number of carbonyl (C=O) groups is 3. The lowest BCUT2D eigenvalue weighted by molar-refractivity contribution is -0.131. The van der Waals surface area contributed by atoms with Crippen LogP contribution >= 0.6 is 22.6 Å². The fraction of sp³-hybridized carbons (Fsp3) is 0.0588. The van der Waals surface area contributed by atoms with Gasteiger partial charge in [-0.1, -0.05) is 18.2 Å². The Balaban J connectivity index is 1.88. The minimum Gasteiger partial charge on any atom is -0.276 e. The van der Waals surface area contributed by atoms with E-state index in [-0.39, 0.29) is 0 Å². The van der Waals surface area contributed by atoms with E-state index in [1.54, 1.807) is 48.5 Å². The summed E-state index contributed by atoms with van der Waals surface area (Å²) in [6, 6.07) is 15.1. The first kappa shape index (κ1) is 16.3. The molecule has 7 heteroatoms. The van der Waals surface area contributed by atoms with Crippen molar-refractivity contribution in [3.8, 4) is 0 Å². The van der Waals surface area contributed by atoms with Crippen LogP contribution in [-0.2, 0) is 9.59 Å². The standard InChI is InChI=1S/C17H12IN3O3/c18-11-6-8-13(9-7-11)21-16(23)14(15(22)20-17(21)24)10-19-12-4-2-1-3-5-12/h1-10,14H,(H,20,22,24)/t14-/m0/s1. The van der Waals surface area contributed by atoms with Gasteiger partial charge in [0.1, 0.15) is 0 Å². The fourth-order valence-corrected chi connectivity index (χ4v) is 2.59. The largest absolute Gasteiger partial charge is 0.335 e. The van der Waals surface area contributed by atoms with Crippen LogP contribution < -0.4 is 10.2 Å². The smallest absolute Gasteiger partial charge is 0.276 e. The van der Waals surface area contributed by atoms with Gasteiger partial charge in [0, 0.05) is 9.78 Å². The van der Waals surface area contributed by atoms with Crippen LogP contribution in [0.3, 0.4) is 0 Å². The van der Waals surface area contributed by atoms with Crippen molar-refractivity contribution in [3.05, 3.63) is 58.2 Å². The Morgan fingerprint density at radius 2 is 1.67 bits per heavy atom. The molecule has 24 heavy (non-hydrogen) atoms. The predicted octanol–water partition coefficient (Wildman–Crippen LogP) is 2.89. The lowest BCUT2D eigenvalue weighted by atomic mass is 10.1. The zero-order chi connectivity index (χ0) is 17.1. The molecule has 2 aromatic carbocycles. The third-order valence-corrected chi connectivity index (χ3v) is 4.13. The molecule has 1 aliphatic rings. The number of nitrogens with zero attached hydrogens (tertiary/aromatic N) is 2. The molecule has 1 fully saturated rings. The molecule has 0 spiro atoms. The van der Waals surface area contributed by atoms with E-state index < -0.39 is 23.8 Å². The Kier molecular flexibility index (Phi) is 4.70. The van der Waals surface area contributed by atoms with Crippen LogP contribution in [0, 0.1) is 9.49 Å². The fourth-order valence-electron chi connectivity index (χ4n) is 2.23. The number of amides is 4. The Bertz CT molecular complexity index is 819. The summed E-state index contributed by atoms with van der Waals surface area (Å²) >= 11 is 2.13. The monoisotopic (exact) mass is 433 g/mol. The van der Waals surface area contributed by atoms with E-state index in [0.29, 0.717) is 11.4 Å². The normalized spacial score (nSPS) is 18.1. The third kappa shape index (κ3) is 3.35. The molecule has 2 aromatic rings. The van der Waals surface area contributed by atoms with Crippen molar-refractivity contribution in [1.82, 2.24) is 5.32 Å². The molecule has 1 aliphatic heterocycles. The SMILES string of the molecule is O=C1NC(=O)N(c2ccc(I)cc2)C(=O)[C@H]1C=Nc1ccccc1. The molecule has 1 heterocycles. The van der Waals surface area contributed by atoms with Crippen molar-refractivity contribution < 1.29 is 14.4 Å². The van der Waals surface area contributed by atoms with Gasteiger partial charge in [0.2, 0.25) is 5.91 Å². The molecule has 3 rings (SSSR count). The van der Waals surface area contributed by atoms with Crippen LogP contribution in [-0.4, -0.2) is 24.1 Å². The lowest BCUT2D eigenvalue weighted by Gasteiger charge is -2.28. The second-order valence-corrected chi connectivity index (χ2v) is 6.28. The van der Waals surface area contributed by atoms with Gasteiger partial charge in [0.05, 0.1) is 11.4 Å². The highest BCUT2D eigenvalue weighted by molar-refractivity contribution is 14.1. The number of nitrogens with one attached hydrogen (secondary N) is 1. The van der Waals surface area contributed by atoms with Crippen molar-refractivity contribution in [3.63, 3.8) is 0 Å². The summed E-state index contributed by atoms with van der Waals surface area (Å²) in [6.07, 6.45) is 1.26. The van der Waals surface area contributed by atoms with E-state index in [1.165, 1.54) is 6.21 Å². The number of anilines is 1. The van der Waals surface area contributed by atoms with Gasteiger partial charge in [-0.25, -0.2) is 9.69 Å². The zero-order valence-corrected chi connectivity index (χ0v) is 14.5. The lowest BCUT2D eigenvalue weighted by Crippen LogP contribution is -2.58. The summed E-state index contributed by atoms with van der Waals surface area (Å²) in [7, 11) is 0. The Morgan fingerprint density at radius 3 is 2.33 bits per heavy atom. The van der Waals surface area contributed by atoms with Crippen molar-refractivity contribution in [1.29, 1.82) is 0 Å². The molecular weight excluding hydrogens is 421 g/mol. The van der Waals surface area contributed by atoms with Gasteiger partial charge < -0.3 is 0 Å². The summed E-state index contributed by atoms with van der Waals surface area (Å²) in [5.41, 5.74) is 1.03. The highest BCUT2D eigenvalue weighted by atomic mass is 127. The number of para-hydroxylation sites is 1. The maximum Gasteiger partial charge on any atom is 0.335 e. The van der Waals surface area contributed by atoms with Gasteiger partial charge in [0.15, 0.2) is 5.92 Å². The first-order chi connectivity index (χ1) is 11.6. The molecule has 0 aliphatic carbocycles. The van der Waals surface area contributed by atoms with Crippen molar-refractivity contribution in [2.75, 3.05) is 4.90 Å². The molecule has 0 radical (unpaired) electrons. The molecule has 0 bridgehead atoms. The van der Waals surface area contributed by atoms with Gasteiger partial charge in [-0.05, 0) is 59.0 Å².